The number of phenols is 1. The number of nitrogens with two attached hydrogens (primary N) is 1. The Morgan fingerprint density at radius 2 is 1.61 bits per heavy atom. The van der Waals surface area contributed by atoms with Gasteiger partial charge in [0.1, 0.15) is 5.75 Å². The van der Waals surface area contributed by atoms with Gasteiger partial charge in [0.05, 0.1) is 0 Å². The summed E-state index contributed by atoms with van der Waals surface area (Å²) in [6, 6.07) is 0. The van der Waals surface area contributed by atoms with Gasteiger partial charge in [-0.1, -0.05) is 0 Å². The molecule has 0 amide bonds. The smallest absolute Gasteiger partial charge is 0.122 e. The monoisotopic (exact) mass is 245 g/mol. The van der Waals surface area contributed by atoms with Gasteiger partial charge >= 0.3 is 0 Å². The van der Waals surface area contributed by atoms with Gasteiger partial charge in [0.25, 0.3) is 0 Å². The second kappa shape index (κ2) is 3.99. The molecule has 2 heteroatoms. The average Bonchev–Trinajstić information content (AvgIpc) is 3.17. The molecule has 1 saturated carbocycles. The van der Waals surface area contributed by atoms with Crippen LogP contribution in [0.1, 0.15) is 53.5 Å². The van der Waals surface area contributed by atoms with Crippen molar-refractivity contribution in [2.24, 2.45) is 5.73 Å². The number of fused-ring (bicyclic) bond motifs is 1. The maximum absolute atomic E-state index is 10.6. The Hall–Kier alpha value is -1.02. The van der Waals surface area contributed by atoms with E-state index in [1.807, 2.05) is 0 Å². The average molecular weight is 245 g/mol. The molecular weight excluding hydrogens is 222 g/mol. The zero-order valence-electron chi connectivity index (χ0n) is 11.5. The van der Waals surface area contributed by atoms with Crippen molar-refractivity contribution < 1.29 is 5.11 Å². The molecule has 1 aromatic carbocycles. The molecule has 0 spiro atoms. The van der Waals surface area contributed by atoms with Crippen molar-refractivity contribution in [3.05, 3.63) is 27.8 Å². The maximum atomic E-state index is 10.6. The summed E-state index contributed by atoms with van der Waals surface area (Å²) in [5.74, 6) is 0.538. The van der Waals surface area contributed by atoms with Crippen LogP contribution in [0.25, 0.3) is 0 Å². The molecule has 98 valence electrons. The first-order valence-corrected chi connectivity index (χ1v) is 7.15. The topological polar surface area (TPSA) is 46.2 Å². The Balaban J connectivity index is 2.24. The van der Waals surface area contributed by atoms with Gasteiger partial charge in [-0.25, -0.2) is 0 Å². The van der Waals surface area contributed by atoms with Gasteiger partial charge in [0, 0.05) is 17.5 Å². The van der Waals surface area contributed by atoms with E-state index in [1.54, 1.807) is 0 Å². The lowest BCUT2D eigenvalue weighted by atomic mass is 9.79. The predicted molar refractivity (Wildman–Crippen MR) is 74.2 cm³/mol. The van der Waals surface area contributed by atoms with E-state index >= 15 is 0 Å². The van der Waals surface area contributed by atoms with Gasteiger partial charge in [0.2, 0.25) is 0 Å². The lowest BCUT2D eigenvalue weighted by molar-refractivity contribution is 0.450. The van der Waals surface area contributed by atoms with E-state index in [4.69, 9.17) is 5.73 Å². The summed E-state index contributed by atoms with van der Waals surface area (Å²) < 4.78 is 0. The molecule has 3 N–H and O–H groups in total. The van der Waals surface area contributed by atoms with Crippen LogP contribution in [0, 0.1) is 13.8 Å². The minimum atomic E-state index is 0.0887. The Labute approximate surface area is 109 Å². The summed E-state index contributed by atoms with van der Waals surface area (Å²) in [7, 11) is 0. The third-order valence-corrected chi connectivity index (χ3v) is 5.11. The summed E-state index contributed by atoms with van der Waals surface area (Å²) in [6.07, 6.45) is 7.12. The minimum Gasteiger partial charge on any atom is -0.507 e. The van der Waals surface area contributed by atoms with Crippen LogP contribution in [0.5, 0.6) is 5.75 Å². The predicted octanol–water partition coefficient (Wildman–Crippen LogP) is 2.88. The summed E-state index contributed by atoms with van der Waals surface area (Å²) >= 11 is 0. The molecule has 0 unspecified atom stereocenters. The third kappa shape index (κ3) is 1.51. The molecule has 0 bridgehead atoms. The maximum Gasteiger partial charge on any atom is 0.122 e. The van der Waals surface area contributed by atoms with Gasteiger partial charge in [-0.2, -0.15) is 0 Å². The van der Waals surface area contributed by atoms with Crippen molar-refractivity contribution in [1.29, 1.82) is 0 Å². The fraction of sp³-hybridized carbons (Fsp3) is 0.625. The van der Waals surface area contributed by atoms with Crippen molar-refractivity contribution in [2.75, 3.05) is 6.54 Å². The van der Waals surface area contributed by atoms with Crippen LogP contribution in [0.4, 0.5) is 0 Å². The Morgan fingerprint density at radius 3 is 2.11 bits per heavy atom. The van der Waals surface area contributed by atoms with Crippen LogP contribution in [-0.2, 0) is 18.3 Å². The van der Waals surface area contributed by atoms with E-state index in [0.29, 0.717) is 12.3 Å². The molecule has 0 saturated heterocycles. The van der Waals surface area contributed by atoms with Gasteiger partial charge in [-0.05, 0) is 74.6 Å². The van der Waals surface area contributed by atoms with Gasteiger partial charge in [0.15, 0.2) is 0 Å². The van der Waals surface area contributed by atoms with E-state index < -0.39 is 0 Å². The Morgan fingerprint density at radius 1 is 1.06 bits per heavy atom. The van der Waals surface area contributed by atoms with Gasteiger partial charge in [-0.15, -0.1) is 0 Å². The fourth-order valence-electron chi connectivity index (χ4n) is 3.75. The molecule has 0 atom stereocenters. The minimum absolute atomic E-state index is 0.0887. The van der Waals surface area contributed by atoms with Crippen molar-refractivity contribution in [1.82, 2.24) is 0 Å². The number of hydrogen-bond acceptors (Lipinski definition) is 2. The summed E-state index contributed by atoms with van der Waals surface area (Å²) in [5.41, 5.74) is 12.6. The van der Waals surface area contributed by atoms with Crippen molar-refractivity contribution in [2.45, 2.75) is 57.8 Å². The molecule has 0 aromatic heterocycles. The highest BCUT2D eigenvalue weighted by atomic mass is 16.3. The van der Waals surface area contributed by atoms with Crippen LogP contribution < -0.4 is 5.73 Å². The van der Waals surface area contributed by atoms with E-state index in [0.717, 1.165) is 24.8 Å². The summed E-state index contributed by atoms with van der Waals surface area (Å²) in [6.45, 7) is 4.93. The Kier molecular flexibility index (Phi) is 2.67. The lowest BCUT2D eigenvalue weighted by Gasteiger charge is -2.27. The summed E-state index contributed by atoms with van der Waals surface area (Å²) in [4.78, 5) is 0. The molecule has 0 radical (unpaired) electrons. The fourth-order valence-corrected chi connectivity index (χ4v) is 3.75. The molecule has 2 nitrogen and oxygen atoms in total. The standard InChI is InChI=1S/C16H23NO/c1-10-12-5-3-4-6-13(12)11(2)15(18)14(10)16(9-17)7-8-16/h18H,3-9,17H2,1-2H3. The van der Waals surface area contributed by atoms with Crippen LogP contribution in [0.2, 0.25) is 0 Å². The molecule has 1 aromatic rings. The highest BCUT2D eigenvalue weighted by Gasteiger charge is 2.46. The molecule has 18 heavy (non-hydrogen) atoms. The van der Waals surface area contributed by atoms with Gasteiger partial charge in [-0.3, -0.25) is 0 Å². The Bertz CT molecular complexity index is 501. The van der Waals surface area contributed by atoms with E-state index in [9.17, 15) is 5.11 Å². The van der Waals surface area contributed by atoms with Crippen LogP contribution in [0.3, 0.4) is 0 Å². The van der Waals surface area contributed by atoms with E-state index in [2.05, 4.69) is 13.8 Å². The largest absolute Gasteiger partial charge is 0.507 e. The number of hydrogen-bond donors (Lipinski definition) is 2. The molecular formula is C16H23NO. The zero-order chi connectivity index (χ0) is 12.9. The van der Waals surface area contributed by atoms with Crippen molar-refractivity contribution in [3.63, 3.8) is 0 Å². The first-order valence-electron chi connectivity index (χ1n) is 7.15. The highest BCUT2D eigenvalue weighted by molar-refractivity contribution is 5.59. The zero-order valence-corrected chi connectivity index (χ0v) is 11.5. The van der Waals surface area contributed by atoms with Crippen LogP contribution in [0.15, 0.2) is 0 Å². The third-order valence-electron chi connectivity index (χ3n) is 5.11. The molecule has 0 heterocycles. The van der Waals surface area contributed by atoms with Crippen LogP contribution in [-0.4, -0.2) is 11.7 Å². The molecule has 3 rings (SSSR count). The summed E-state index contributed by atoms with van der Waals surface area (Å²) in [5, 5.41) is 10.6. The van der Waals surface area contributed by atoms with Crippen molar-refractivity contribution >= 4 is 0 Å². The first kappa shape index (κ1) is 12.0. The second-order valence-electron chi connectivity index (χ2n) is 6.12. The molecule has 2 aliphatic rings. The number of aromatic hydroxyl groups is 1. The van der Waals surface area contributed by atoms with E-state index in [-0.39, 0.29) is 5.41 Å². The molecule has 2 aliphatic carbocycles. The normalized spacial score (nSPS) is 20.6. The number of phenolic OH excluding ortho intramolecular Hbond substituents is 1. The number of rotatable bonds is 2. The molecule has 0 aliphatic heterocycles. The highest BCUT2D eigenvalue weighted by Crippen LogP contribution is 2.53. The quantitative estimate of drug-likeness (QED) is 0.841. The number of benzene rings is 1. The first-order chi connectivity index (χ1) is 8.60. The molecule has 1 fully saturated rings. The van der Waals surface area contributed by atoms with E-state index in [1.165, 1.54) is 41.5 Å². The lowest BCUT2D eigenvalue weighted by Crippen LogP contribution is -2.23. The SMILES string of the molecule is Cc1c(O)c(C2(CN)CC2)c(C)c2c1CCCC2. The van der Waals surface area contributed by atoms with Crippen LogP contribution >= 0.6 is 0 Å². The van der Waals surface area contributed by atoms with Crippen molar-refractivity contribution in [3.8, 4) is 5.75 Å². The van der Waals surface area contributed by atoms with Gasteiger partial charge < -0.3 is 10.8 Å². The second-order valence-corrected chi connectivity index (χ2v) is 6.12.